The van der Waals surface area contributed by atoms with Gasteiger partial charge in [0.15, 0.2) is 0 Å². The van der Waals surface area contributed by atoms with Gasteiger partial charge in [-0.15, -0.1) is 0 Å². The summed E-state index contributed by atoms with van der Waals surface area (Å²) in [5.74, 6) is 0.299. The number of hydrogen-bond donors (Lipinski definition) is 2. The zero-order valence-corrected chi connectivity index (χ0v) is 21.2. The van der Waals surface area contributed by atoms with E-state index in [1.54, 1.807) is 11.2 Å². The molecule has 0 bridgehead atoms. The highest BCUT2D eigenvalue weighted by Crippen LogP contribution is 2.44. The molecule has 8 heteroatoms. The molecule has 2 aliphatic heterocycles. The second-order valence-electron chi connectivity index (χ2n) is 9.51. The first-order valence-electron chi connectivity index (χ1n) is 12.2. The largest absolute Gasteiger partial charge is 0.384 e. The van der Waals surface area contributed by atoms with Crippen molar-refractivity contribution in [1.29, 1.82) is 0 Å². The number of piperidine rings is 1. The first-order valence-corrected chi connectivity index (χ1v) is 13.8. The van der Waals surface area contributed by atoms with Crippen molar-refractivity contribution in [2.24, 2.45) is 11.7 Å². The van der Waals surface area contributed by atoms with Crippen LogP contribution in [0.2, 0.25) is 0 Å². The predicted octanol–water partition coefficient (Wildman–Crippen LogP) is 3.48. The van der Waals surface area contributed by atoms with Crippen LogP contribution < -0.4 is 11.1 Å². The van der Waals surface area contributed by atoms with E-state index in [2.05, 4.69) is 54.5 Å². The van der Waals surface area contributed by atoms with E-state index >= 15 is 0 Å². The summed E-state index contributed by atoms with van der Waals surface area (Å²) in [4.78, 5) is 14.6. The van der Waals surface area contributed by atoms with Crippen LogP contribution in [0.1, 0.15) is 54.1 Å². The van der Waals surface area contributed by atoms with Crippen molar-refractivity contribution in [3.8, 4) is 11.1 Å². The van der Waals surface area contributed by atoms with Crippen LogP contribution in [0.4, 0.5) is 5.69 Å². The fourth-order valence-electron chi connectivity index (χ4n) is 5.27. The second-order valence-corrected chi connectivity index (χ2v) is 11.8. The number of amides is 1. The summed E-state index contributed by atoms with van der Waals surface area (Å²) in [5.41, 5.74) is 11.6. The predicted molar refractivity (Wildman–Crippen MR) is 137 cm³/mol. The average Bonchev–Trinajstić information content (AvgIpc) is 3.27. The van der Waals surface area contributed by atoms with Gasteiger partial charge in [-0.1, -0.05) is 25.1 Å². The minimum atomic E-state index is -3.15. The topological polar surface area (TPSA) is 95.7 Å². The van der Waals surface area contributed by atoms with Crippen molar-refractivity contribution < 1.29 is 13.2 Å². The highest BCUT2D eigenvalue weighted by molar-refractivity contribution is 7.89. The summed E-state index contributed by atoms with van der Waals surface area (Å²) in [6, 6.07) is 12.5. The Morgan fingerprint density at radius 1 is 1.15 bits per heavy atom. The third-order valence-electron chi connectivity index (χ3n) is 7.41. The summed E-state index contributed by atoms with van der Waals surface area (Å²) in [7, 11) is -1.05. The third-order valence-corrected chi connectivity index (χ3v) is 9.29. The Hall–Kier alpha value is -2.42. The molecule has 1 fully saturated rings. The Morgan fingerprint density at radius 3 is 2.53 bits per heavy atom. The fourth-order valence-corrected chi connectivity index (χ4v) is 6.40. The lowest BCUT2D eigenvalue weighted by molar-refractivity contribution is 0.100. The van der Waals surface area contributed by atoms with Gasteiger partial charge in [0.1, 0.15) is 0 Å². The zero-order chi connectivity index (χ0) is 24.5. The van der Waals surface area contributed by atoms with E-state index in [-0.39, 0.29) is 11.7 Å². The van der Waals surface area contributed by atoms with Crippen LogP contribution in [0.15, 0.2) is 36.4 Å². The third kappa shape index (κ3) is 4.99. The van der Waals surface area contributed by atoms with Crippen molar-refractivity contribution in [2.45, 2.75) is 39.2 Å². The Labute approximate surface area is 203 Å². The van der Waals surface area contributed by atoms with E-state index in [0.29, 0.717) is 24.6 Å². The van der Waals surface area contributed by atoms with Gasteiger partial charge in [-0.25, -0.2) is 12.7 Å². The van der Waals surface area contributed by atoms with Crippen molar-refractivity contribution in [1.82, 2.24) is 9.21 Å². The lowest BCUT2D eigenvalue weighted by atomic mass is 9.80. The Bertz CT molecular complexity index is 1160. The average molecular weight is 485 g/mol. The molecule has 2 aromatic carbocycles. The van der Waals surface area contributed by atoms with Gasteiger partial charge in [0, 0.05) is 32.1 Å². The lowest BCUT2D eigenvalue weighted by Gasteiger charge is -2.34. The summed E-state index contributed by atoms with van der Waals surface area (Å²) < 4.78 is 26.2. The van der Waals surface area contributed by atoms with Crippen LogP contribution in [-0.2, 0) is 16.6 Å². The molecule has 0 radical (unpaired) electrons. The summed E-state index contributed by atoms with van der Waals surface area (Å²) in [6.07, 6.45) is 1.64. The molecule has 3 N–H and O–H groups in total. The quantitative estimate of drug-likeness (QED) is 0.598. The van der Waals surface area contributed by atoms with Crippen molar-refractivity contribution in [3.05, 3.63) is 53.1 Å². The fraction of sp³-hybridized carbons (Fsp3) is 0.500. The highest BCUT2D eigenvalue weighted by Gasteiger charge is 2.36. The maximum Gasteiger partial charge on any atom is 0.250 e. The SMILES string of the molecule is CCN(C)Cc1cccc(-c2cc(C(N)=O)c3c(c2)C(C2CCN(S(=O)(=O)CC)CC2)CN3)c1. The molecule has 1 unspecified atom stereocenters. The minimum Gasteiger partial charge on any atom is -0.384 e. The number of primary amides is 1. The van der Waals surface area contributed by atoms with Gasteiger partial charge < -0.3 is 16.0 Å². The number of carbonyl (C=O) groups excluding carboxylic acids is 1. The van der Waals surface area contributed by atoms with E-state index in [9.17, 15) is 13.2 Å². The van der Waals surface area contributed by atoms with Gasteiger partial charge >= 0.3 is 0 Å². The standard InChI is InChI=1S/C26H36N4O3S/c1-4-29(3)17-18-7-6-8-20(13-18)21-14-22-24(16-28-25(22)23(15-21)26(27)31)19-9-11-30(12-10-19)34(32,33)5-2/h6-8,13-15,19,24,28H,4-5,9-12,16-17H2,1-3H3,(H2,27,31). The second kappa shape index (κ2) is 10.1. The molecule has 7 nitrogen and oxygen atoms in total. The molecule has 2 aliphatic rings. The number of rotatable bonds is 8. The summed E-state index contributed by atoms with van der Waals surface area (Å²) in [6.45, 7) is 7.52. The maximum atomic E-state index is 12.4. The van der Waals surface area contributed by atoms with Crippen molar-refractivity contribution >= 4 is 21.6 Å². The van der Waals surface area contributed by atoms with Crippen LogP contribution in [-0.4, -0.2) is 62.5 Å². The first-order chi connectivity index (χ1) is 16.2. The van der Waals surface area contributed by atoms with Gasteiger partial charge in [0.2, 0.25) is 10.0 Å². The number of nitrogens with one attached hydrogen (secondary N) is 1. The molecule has 34 heavy (non-hydrogen) atoms. The molecule has 1 amide bonds. The van der Waals surface area contributed by atoms with Crippen LogP contribution in [0.5, 0.6) is 0 Å². The van der Waals surface area contributed by atoms with Crippen LogP contribution >= 0.6 is 0 Å². The van der Waals surface area contributed by atoms with Gasteiger partial charge in [-0.3, -0.25) is 4.79 Å². The number of nitrogens with two attached hydrogens (primary N) is 1. The summed E-state index contributed by atoms with van der Waals surface area (Å²) in [5, 5.41) is 3.43. The number of fused-ring (bicyclic) bond motifs is 1. The molecule has 4 rings (SSSR count). The molecule has 0 spiro atoms. The van der Waals surface area contributed by atoms with Crippen LogP contribution in [0, 0.1) is 5.92 Å². The van der Waals surface area contributed by atoms with Gasteiger partial charge in [-0.2, -0.15) is 0 Å². The zero-order valence-electron chi connectivity index (χ0n) is 20.4. The van der Waals surface area contributed by atoms with Crippen LogP contribution in [0.25, 0.3) is 11.1 Å². The molecular formula is C26H36N4O3S. The van der Waals surface area contributed by atoms with Gasteiger partial charge in [0.25, 0.3) is 5.91 Å². The minimum absolute atomic E-state index is 0.143. The molecule has 2 heterocycles. The van der Waals surface area contributed by atoms with E-state index in [4.69, 9.17) is 5.73 Å². The number of nitrogens with zero attached hydrogens (tertiary/aromatic N) is 2. The molecule has 1 atom stereocenters. The van der Waals surface area contributed by atoms with E-state index < -0.39 is 15.9 Å². The Kier molecular flexibility index (Phi) is 7.31. The van der Waals surface area contributed by atoms with E-state index in [1.165, 1.54) is 5.56 Å². The Morgan fingerprint density at radius 2 is 1.88 bits per heavy atom. The molecule has 0 aromatic heterocycles. The first kappa shape index (κ1) is 24.7. The number of anilines is 1. The molecule has 0 aliphatic carbocycles. The maximum absolute atomic E-state index is 12.4. The van der Waals surface area contributed by atoms with Crippen molar-refractivity contribution in [3.63, 3.8) is 0 Å². The highest BCUT2D eigenvalue weighted by atomic mass is 32.2. The lowest BCUT2D eigenvalue weighted by Crippen LogP contribution is -2.40. The number of benzene rings is 2. The number of sulfonamides is 1. The summed E-state index contributed by atoms with van der Waals surface area (Å²) >= 11 is 0. The van der Waals surface area contributed by atoms with E-state index in [0.717, 1.165) is 54.9 Å². The molecule has 184 valence electrons. The van der Waals surface area contributed by atoms with Crippen molar-refractivity contribution in [2.75, 3.05) is 44.3 Å². The van der Waals surface area contributed by atoms with Gasteiger partial charge in [0.05, 0.1) is 17.0 Å². The Balaban J connectivity index is 1.64. The molecule has 1 saturated heterocycles. The normalized spacial score (nSPS) is 19.2. The monoisotopic (exact) mass is 484 g/mol. The molecule has 0 saturated carbocycles. The van der Waals surface area contributed by atoms with Gasteiger partial charge in [-0.05, 0) is 79.7 Å². The smallest absolute Gasteiger partial charge is 0.250 e. The molecular weight excluding hydrogens is 448 g/mol. The van der Waals surface area contributed by atoms with E-state index in [1.807, 2.05) is 6.07 Å². The van der Waals surface area contributed by atoms with Crippen LogP contribution in [0.3, 0.4) is 0 Å². The number of carbonyl (C=O) groups is 1. The molecule has 2 aromatic rings. The number of hydrogen-bond acceptors (Lipinski definition) is 5.